The summed E-state index contributed by atoms with van der Waals surface area (Å²) in [6.07, 6.45) is 0.624. The van der Waals surface area contributed by atoms with Crippen LogP contribution in [0.1, 0.15) is 22.3 Å². The molecule has 1 amide bonds. The number of para-hydroxylation sites is 1. The molecule has 25 heavy (non-hydrogen) atoms. The fourth-order valence-corrected chi connectivity index (χ4v) is 4.19. The van der Waals surface area contributed by atoms with Crippen LogP contribution in [0.4, 0.5) is 5.69 Å². The third-order valence-corrected chi connectivity index (χ3v) is 5.39. The first-order valence-electron chi connectivity index (χ1n) is 8.32. The lowest BCUT2D eigenvalue weighted by Crippen LogP contribution is -2.38. The number of fused-ring (bicyclic) bond motifs is 1. The van der Waals surface area contributed by atoms with Gasteiger partial charge >= 0.3 is 0 Å². The number of carbonyl (C=O) groups is 1. The fraction of sp³-hybridized carbons (Fsp3) is 0.136. The molecule has 1 N–H and O–H groups in total. The Morgan fingerprint density at radius 3 is 2.56 bits per heavy atom. The van der Waals surface area contributed by atoms with Crippen LogP contribution in [-0.4, -0.2) is 5.91 Å². The van der Waals surface area contributed by atoms with Crippen molar-refractivity contribution in [1.29, 1.82) is 0 Å². The highest BCUT2D eigenvalue weighted by Gasteiger charge is 2.48. The topological polar surface area (TPSA) is 29.1 Å². The zero-order chi connectivity index (χ0) is 17.4. The molecule has 0 saturated carbocycles. The molecule has 1 atom stereocenters. The zero-order valence-corrected chi connectivity index (χ0v) is 15.5. The lowest BCUT2D eigenvalue weighted by Gasteiger charge is -2.29. The molecular formula is C22H18BrNO. The second-order valence-corrected chi connectivity index (χ2v) is 7.50. The average molecular weight is 392 g/mol. The Morgan fingerprint density at radius 2 is 1.76 bits per heavy atom. The number of amides is 1. The lowest BCUT2D eigenvalue weighted by atomic mass is 9.71. The molecule has 1 heterocycles. The van der Waals surface area contributed by atoms with Crippen molar-refractivity contribution in [3.8, 4) is 0 Å². The van der Waals surface area contributed by atoms with Crippen LogP contribution in [0.25, 0.3) is 0 Å². The van der Waals surface area contributed by atoms with Crippen molar-refractivity contribution in [1.82, 2.24) is 0 Å². The van der Waals surface area contributed by atoms with Gasteiger partial charge in [-0.3, -0.25) is 4.79 Å². The summed E-state index contributed by atoms with van der Waals surface area (Å²) in [6.45, 7) is 2.06. The van der Waals surface area contributed by atoms with E-state index in [2.05, 4.69) is 64.6 Å². The van der Waals surface area contributed by atoms with Crippen LogP contribution in [-0.2, 0) is 16.6 Å². The number of hydrogen-bond acceptors (Lipinski definition) is 1. The Morgan fingerprint density at radius 1 is 0.960 bits per heavy atom. The summed E-state index contributed by atoms with van der Waals surface area (Å²) in [6, 6.07) is 24.5. The van der Waals surface area contributed by atoms with Crippen molar-refractivity contribution >= 4 is 27.5 Å². The number of halogens is 1. The van der Waals surface area contributed by atoms with Crippen LogP contribution in [0, 0.1) is 6.92 Å². The third-order valence-electron chi connectivity index (χ3n) is 4.89. The van der Waals surface area contributed by atoms with Gasteiger partial charge in [0, 0.05) is 10.2 Å². The highest BCUT2D eigenvalue weighted by molar-refractivity contribution is 9.10. The van der Waals surface area contributed by atoms with Gasteiger partial charge in [0.1, 0.15) is 5.41 Å². The second kappa shape index (κ2) is 6.16. The van der Waals surface area contributed by atoms with Crippen LogP contribution in [0.3, 0.4) is 0 Å². The Labute approximate surface area is 156 Å². The molecule has 0 bridgehead atoms. The van der Waals surface area contributed by atoms with E-state index in [4.69, 9.17) is 0 Å². The van der Waals surface area contributed by atoms with Crippen molar-refractivity contribution in [2.75, 3.05) is 5.32 Å². The minimum atomic E-state index is -0.705. The monoisotopic (exact) mass is 391 g/mol. The molecule has 1 unspecified atom stereocenters. The van der Waals surface area contributed by atoms with Crippen LogP contribution in [0.15, 0.2) is 77.3 Å². The summed E-state index contributed by atoms with van der Waals surface area (Å²) in [5.74, 6) is 0.0410. The smallest absolute Gasteiger partial charge is 0.239 e. The van der Waals surface area contributed by atoms with E-state index < -0.39 is 5.41 Å². The van der Waals surface area contributed by atoms with Gasteiger partial charge in [0.05, 0.1) is 0 Å². The average Bonchev–Trinajstić information content (AvgIpc) is 2.88. The molecule has 0 saturated heterocycles. The summed E-state index contributed by atoms with van der Waals surface area (Å²) in [7, 11) is 0. The lowest BCUT2D eigenvalue weighted by molar-refractivity contribution is -0.119. The number of anilines is 1. The van der Waals surface area contributed by atoms with Gasteiger partial charge in [-0.25, -0.2) is 0 Å². The third kappa shape index (κ3) is 2.69. The quantitative estimate of drug-likeness (QED) is 0.649. The molecule has 0 radical (unpaired) electrons. The first-order valence-corrected chi connectivity index (χ1v) is 9.11. The van der Waals surface area contributed by atoms with Crippen molar-refractivity contribution in [2.24, 2.45) is 0 Å². The van der Waals surface area contributed by atoms with Gasteiger partial charge in [-0.2, -0.15) is 0 Å². The van der Waals surface area contributed by atoms with Crippen LogP contribution >= 0.6 is 15.9 Å². The Balaban J connectivity index is 1.95. The Hall–Kier alpha value is -2.39. The highest BCUT2D eigenvalue weighted by atomic mass is 79.9. The molecule has 4 rings (SSSR count). The van der Waals surface area contributed by atoms with Gasteiger partial charge < -0.3 is 5.32 Å². The predicted octanol–water partition coefficient (Wildman–Crippen LogP) is 5.24. The molecule has 124 valence electrons. The minimum absolute atomic E-state index is 0.0410. The molecule has 0 fully saturated rings. The van der Waals surface area contributed by atoms with E-state index >= 15 is 0 Å². The van der Waals surface area contributed by atoms with E-state index in [-0.39, 0.29) is 5.91 Å². The van der Waals surface area contributed by atoms with Gasteiger partial charge in [0.2, 0.25) is 5.91 Å². The number of hydrogen-bond donors (Lipinski definition) is 1. The first-order chi connectivity index (χ1) is 12.1. The first kappa shape index (κ1) is 16.1. The number of benzene rings is 3. The maximum absolute atomic E-state index is 13.2. The standard InChI is InChI=1S/C22H18BrNO/c1-15-6-4-8-17(12-15)22(14-16-7-5-9-18(23)13-16)19-10-2-3-11-20(19)24-21(22)25/h2-13H,14H2,1H3,(H,24,25). The number of carbonyl (C=O) groups excluding carboxylic acids is 1. The van der Waals surface area contributed by atoms with E-state index in [1.807, 2.05) is 36.4 Å². The summed E-state index contributed by atoms with van der Waals surface area (Å²) in [5, 5.41) is 3.09. The number of aryl methyl sites for hydroxylation is 1. The SMILES string of the molecule is Cc1cccc(C2(Cc3cccc(Br)c3)C(=O)Nc3ccccc32)c1. The normalized spacial score (nSPS) is 18.7. The van der Waals surface area contributed by atoms with E-state index in [9.17, 15) is 4.79 Å². The Kier molecular flexibility index (Phi) is 3.97. The number of nitrogens with one attached hydrogen (secondary N) is 1. The molecule has 2 nitrogen and oxygen atoms in total. The summed E-state index contributed by atoms with van der Waals surface area (Å²) in [4.78, 5) is 13.2. The molecule has 3 heteroatoms. The highest BCUT2D eigenvalue weighted by Crippen LogP contribution is 2.45. The van der Waals surface area contributed by atoms with Crippen molar-refractivity contribution in [3.05, 3.63) is 99.5 Å². The molecule has 0 aliphatic carbocycles. The van der Waals surface area contributed by atoms with Gasteiger partial charge in [0.15, 0.2) is 0 Å². The second-order valence-electron chi connectivity index (χ2n) is 6.58. The van der Waals surface area contributed by atoms with E-state index in [1.165, 1.54) is 0 Å². The van der Waals surface area contributed by atoms with Crippen molar-refractivity contribution in [3.63, 3.8) is 0 Å². The van der Waals surface area contributed by atoms with Crippen LogP contribution < -0.4 is 5.32 Å². The van der Waals surface area contributed by atoms with Crippen molar-refractivity contribution in [2.45, 2.75) is 18.8 Å². The molecule has 1 aliphatic heterocycles. The van der Waals surface area contributed by atoms with Gasteiger partial charge in [0.25, 0.3) is 0 Å². The molecule has 3 aromatic carbocycles. The fourth-order valence-electron chi connectivity index (χ4n) is 3.74. The summed E-state index contributed by atoms with van der Waals surface area (Å²) in [5.41, 5.74) is 4.57. The summed E-state index contributed by atoms with van der Waals surface area (Å²) < 4.78 is 1.02. The molecule has 3 aromatic rings. The molecular weight excluding hydrogens is 374 g/mol. The van der Waals surface area contributed by atoms with E-state index in [0.717, 1.165) is 32.4 Å². The molecule has 0 spiro atoms. The Bertz CT molecular complexity index is 966. The van der Waals surface area contributed by atoms with Gasteiger partial charge in [-0.1, -0.05) is 76.1 Å². The van der Waals surface area contributed by atoms with E-state index in [1.54, 1.807) is 0 Å². The van der Waals surface area contributed by atoms with Gasteiger partial charge in [-0.05, 0) is 48.2 Å². The summed E-state index contributed by atoms with van der Waals surface area (Å²) >= 11 is 3.54. The zero-order valence-electron chi connectivity index (χ0n) is 13.9. The van der Waals surface area contributed by atoms with Crippen LogP contribution in [0.5, 0.6) is 0 Å². The molecule has 1 aliphatic rings. The number of rotatable bonds is 3. The minimum Gasteiger partial charge on any atom is -0.325 e. The van der Waals surface area contributed by atoms with Crippen molar-refractivity contribution < 1.29 is 4.79 Å². The maximum atomic E-state index is 13.2. The maximum Gasteiger partial charge on any atom is 0.239 e. The van der Waals surface area contributed by atoms with E-state index in [0.29, 0.717) is 6.42 Å². The van der Waals surface area contributed by atoms with Gasteiger partial charge in [-0.15, -0.1) is 0 Å². The predicted molar refractivity (Wildman–Crippen MR) is 105 cm³/mol. The largest absolute Gasteiger partial charge is 0.325 e. The molecule has 0 aromatic heterocycles. The van der Waals surface area contributed by atoms with Crippen LogP contribution in [0.2, 0.25) is 0 Å².